The number of hydrogen-bond donors (Lipinski definition) is 1. The minimum atomic E-state index is -0.184. The predicted octanol–water partition coefficient (Wildman–Crippen LogP) is 3.51. The SMILES string of the molecule is CCOc1ccc(CC(=O)Nc2cc(-c3ccco3)no2)cc1. The molecule has 0 aliphatic heterocycles. The van der Waals surface area contributed by atoms with Crippen molar-refractivity contribution in [3.63, 3.8) is 0 Å². The highest BCUT2D eigenvalue weighted by Gasteiger charge is 2.11. The number of nitrogens with one attached hydrogen (secondary N) is 1. The quantitative estimate of drug-likeness (QED) is 0.753. The third-order valence-corrected chi connectivity index (χ3v) is 3.15. The molecule has 0 saturated carbocycles. The Bertz CT molecular complexity index is 760. The first-order valence-corrected chi connectivity index (χ1v) is 7.27. The third kappa shape index (κ3) is 3.79. The minimum Gasteiger partial charge on any atom is -0.494 e. The van der Waals surface area contributed by atoms with Gasteiger partial charge in [0.1, 0.15) is 5.75 Å². The van der Waals surface area contributed by atoms with Crippen LogP contribution in [-0.2, 0) is 11.2 Å². The smallest absolute Gasteiger partial charge is 0.231 e. The first kappa shape index (κ1) is 14.9. The molecule has 2 heterocycles. The monoisotopic (exact) mass is 312 g/mol. The number of benzene rings is 1. The molecule has 0 bridgehead atoms. The van der Waals surface area contributed by atoms with Gasteiger partial charge in [-0.1, -0.05) is 17.3 Å². The molecular weight excluding hydrogens is 296 g/mol. The predicted molar refractivity (Wildman–Crippen MR) is 84.1 cm³/mol. The molecule has 0 fully saturated rings. The van der Waals surface area contributed by atoms with Gasteiger partial charge in [0.05, 0.1) is 19.3 Å². The average Bonchev–Trinajstić information content (AvgIpc) is 3.20. The lowest BCUT2D eigenvalue weighted by Crippen LogP contribution is -2.13. The second-order valence-electron chi connectivity index (χ2n) is 4.86. The number of amides is 1. The summed E-state index contributed by atoms with van der Waals surface area (Å²) < 4.78 is 15.7. The molecule has 0 radical (unpaired) electrons. The Hall–Kier alpha value is -3.02. The van der Waals surface area contributed by atoms with Gasteiger partial charge < -0.3 is 13.7 Å². The standard InChI is InChI=1S/C17H16N2O4/c1-2-21-13-7-5-12(6-8-13)10-16(20)18-17-11-14(19-23-17)15-4-3-9-22-15/h3-9,11H,2,10H2,1H3,(H,18,20). The van der Waals surface area contributed by atoms with Gasteiger partial charge in [-0.3, -0.25) is 10.1 Å². The molecule has 1 N–H and O–H groups in total. The lowest BCUT2D eigenvalue weighted by atomic mass is 10.1. The van der Waals surface area contributed by atoms with Crippen molar-refractivity contribution in [2.45, 2.75) is 13.3 Å². The Morgan fingerprint density at radius 1 is 1.26 bits per heavy atom. The highest BCUT2D eigenvalue weighted by Crippen LogP contribution is 2.22. The fourth-order valence-corrected chi connectivity index (χ4v) is 2.11. The van der Waals surface area contributed by atoms with Crippen molar-refractivity contribution in [3.8, 4) is 17.2 Å². The number of anilines is 1. The maximum Gasteiger partial charge on any atom is 0.231 e. The highest BCUT2D eigenvalue weighted by atomic mass is 16.5. The molecule has 0 saturated heterocycles. The van der Waals surface area contributed by atoms with Crippen LogP contribution in [0.4, 0.5) is 5.88 Å². The third-order valence-electron chi connectivity index (χ3n) is 3.15. The summed E-state index contributed by atoms with van der Waals surface area (Å²) in [5.74, 6) is 1.47. The van der Waals surface area contributed by atoms with Crippen molar-refractivity contribution in [1.82, 2.24) is 5.16 Å². The zero-order chi connectivity index (χ0) is 16.1. The van der Waals surface area contributed by atoms with Crippen LogP contribution >= 0.6 is 0 Å². The van der Waals surface area contributed by atoms with Crippen molar-refractivity contribution >= 4 is 11.8 Å². The maximum atomic E-state index is 12.0. The lowest BCUT2D eigenvalue weighted by Gasteiger charge is -2.04. The molecular formula is C17H16N2O4. The molecule has 3 aromatic rings. The van der Waals surface area contributed by atoms with E-state index in [9.17, 15) is 4.79 Å². The Kier molecular flexibility index (Phi) is 4.42. The molecule has 0 atom stereocenters. The summed E-state index contributed by atoms with van der Waals surface area (Å²) in [6.07, 6.45) is 1.79. The summed E-state index contributed by atoms with van der Waals surface area (Å²) >= 11 is 0. The van der Waals surface area contributed by atoms with E-state index in [0.29, 0.717) is 18.1 Å². The van der Waals surface area contributed by atoms with Gasteiger partial charge in [-0.2, -0.15) is 0 Å². The van der Waals surface area contributed by atoms with E-state index >= 15 is 0 Å². The van der Waals surface area contributed by atoms with E-state index in [1.165, 1.54) is 0 Å². The normalized spacial score (nSPS) is 10.5. The molecule has 6 nitrogen and oxygen atoms in total. The van der Waals surface area contributed by atoms with E-state index in [2.05, 4.69) is 10.5 Å². The Morgan fingerprint density at radius 2 is 2.09 bits per heavy atom. The largest absolute Gasteiger partial charge is 0.494 e. The Morgan fingerprint density at radius 3 is 2.78 bits per heavy atom. The van der Waals surface area contributed by atoms with Crippen LogP contribution < -0.4 is 10.1 Å². The molecule has 1 aromatic carbocycles. The van der Waals surface area contributed by atoms with Crippen molar-refractivity contribution in [1.29, 1.82) is 0 Å². The van der Waals surface area contributed by atoms with E-state index in [1.807, 2.05) is 31.2 Å². The van der Waals surface area contributed by atoms with Gasteiger partial charge >= 0.3 is 0 Å². The van der Waals surface area contributed by atoms with Gasteiger partial charge in [0.15, 0.2) is 11.5 Å². The topological polar surface area (TPSA) is 77.5 Å². The molecule has 1 amide bonds. The molecule has 0 aliphatic rings. The van der Waals surface area contributed by atoms with Crippen LogP contribution in [0.1, 0.15) is 12.5 Å². The van der Waals surface area contributed by atoms with Crippen LogP contribution in [0.25, 0.3) is 11.5 Å². The maximum absolute atomic E-state index is 12.0. The number of furan rings is 1. The number of carbonyl (C=O) groups is 1. The van der Waals surface area contributed by atoms with Gasteiger partial charge in [-0.25, -0.2) is 0 Å². The first-order valence-electron chi connectivity index (χ1n) is 7.27. The van der Waals surface area contributed by atoms with Crippen LogP contribution in [0, 0.1) is 0 Å². The Balaban J connectivity index is 1.59. The van der Waals surface area contributed by atoms with Gasteiger partial charge in [-0.15, -0.1) is 0 Å². The number of carbonyl (C=O) groups excluding carboxylic acids is 1. The van der Waals surface area contributed by atoms with E-state index in [-0.39, 0.29) is 18.2 Å². The van der Waals surface area contributed by atoms with Gasteiger partial charge in [0, 0.05) is 6.07 Å². The molecule has 6 heteroatoms. The second kappa shape index (κ2) is 6.83. The van der Waals surface area contributed by atoms with Crippen molar-refractivity contribution < 1.29 is 18.5 Å². The summed E-state index contributed by atoms with van der Waals surface area (Å²) in [5.41, 5.74) is 1.42. The summed E-state index contributed by atoms with van der Waals surface area (Å²) in [7, 11) is 0. The van der Waals surface area contributed by atoms with Crippen LogP contribution in [0.2, 0.25) is 0 Å². The number of rotatable bonds is 6. The van der Waals surface area contributed by atoms with E-state index in [0.717, 1.165) is 11.3 Å². The molecule has 0 aliphatic carbocycles. The Labute approximate surface area is 133 Å². The van der Waals surface area contributed by atoms with E-state index < -0.39 is 0 Å². The molecule has 23 heavy (non-hydrogen) atoms. The average molecular weight is 312 g/mol. The minimum absolute atomic E-state index is 0.184. The molecule has 0 spiro atoms. The number of hydrogen-bond acceptors (Lipinski definition) is 5. The molecule has 2 aromatic heterocycles. The van der Waals surface area contributed by atoms with Crippen LogP contribution in [-0.4, -0.2) is 17.7 Å². The van der Waals surface area contributed by atoms with Crippen molar-refractivity contribution in [2.24, 2.45) is 0 Å². The number of aromatic nitrogens is 1. The molecule has 3 rings (SSSR count). The van der Waals surface area contributed by atoms with Crippen LogP contribution in [0.15, 0.2) is 57.7 Å². The summed E-state index contributed by atoms with van der Waals surface area (Å²) in [6.45, 7) is 2.54. The van der Waals surface area contributed by atoms with Gasteiger partial charge in [-0.05, 0) is 36.8 Å². The second-order valence-corrected chi connectivity index (χ2v) is 4.86. The highest BCUT2D eigenvalue weighted by molar-refractivity contribution is 5.91. The molecule has 118 valence electrons. The zero-order valence-electron chi connectivity index (χ0n) is 12.6. The first-order chi connectivity index (χ1) is 11.2. The van der Waals surface area contributed by atoms with Gasteiger partial charge in [0.2, 0.25) is 11.8 Å². The summed E-state index contributed by atoms with van der Waals surface area (Å²) in [5, 5.41) is 6.52. The lowest BCUT2D eigenvalue weighted by molar-refractivity contribution is -0.115. The van der Waals surface area contributed by atoms with Crippen LogP contribution in [0.3, 0.4) is 0 Å². The molecule has 0 unspecified atom stereocenters. The summed E-state index contributed by atoms with van der Waals surface area (Å²) in [6, 6.07) is 12.6. The zero-order valence-corrected chi connectivity index (χ0v) is 12.6. The fourth-order valence-electron chi connectivity index (χ4n) is 2.11. The van der Waals surface area contributed by atoms with Crippen molar-refractivity contribution in [3.05, 3.63) is 54.3 Å². The van der Waals surface area contributed by atoms with Crippen molar-refractivity contribution in [2.75, 3.05) is 11.9 Å². The van der Waals surface area contributed by atoms with E-state index in [1.54, 1.807) is 24.5 Å². The fraction of sp³-hybridized carbons (Fsp3) is 0.176. The van der Waals surface area contributed by atoms with Crippen LogP contribution in [0.5, 0.6) is 5.75 Å². The number of ether oxygens (including phenoxy) is 1. The number of nitrogens with zero attached hydrogens (tertiary/aromatic N) is 1. The van der Waals surface area contributed by atoms with E-state index in [4.69, 9.17) is 13.7 Å². The van der Waals surface area contributed by atoms with Gasteiger partial charge in [0.25, 0.3) is 0 Å². The summed E-state index contributed by atoms with van der Waals surface area (Å²) in [4.78, 5) is 12.0.